The summed E-state index contributed by atoms with van der Waals surface area (Å²) in [6.45, 7) is -0.407. The Labute approximate surface area is 171 Å². The second-order valence-electron chi connectivity index (χ2n) is 6.43. The van der Waals surface area contributed by atoms with E-state index in [0.717, 1.165) is 17.6 Å². The molecule has 1 aromatic carbocycles. The van der Waals surface area contributed by atoms with Gasteiger partial charge in [-0.1, -0.05) is 0 Å². The van der Waals surface area contributed by atoms with E-state index in [4.69, 9.17) is 19.1 Å². The number of hydrogen-bond donors (Lipinski definition) is 1. The number of rotatable bonds is 7. The quantitative estimate of drug-likeness (QED) is 0.557. The molecule has 0 spiro atoms. The third-order valence-corrected chi connectivity index (χ3v) is 4.90. The highest BCUT2D eigenvalue weighted by Crippen LogP contribution is 2.32. The minimum Gasteiger partial charge on any atom is -0.489 e. The number of benzene rings is 1. The average molecular weight is 468 g/mol. The van der Waals surface area contributed by atoms with Crippen LogP contribution < -0.4 is 9.47 Å². The zero-order valence-corrected chi connectivity index (χ0v) is 16.5. The molecule has 29 heavy (non-hydrogen) atoms. The molecule has 1 saturated carbocycles. The van der Waals surface area contributed by atoms with Gasteiger partial charge in [0.2, 0.25) is 11.6 Å². The van der Waals surface area contributed by atoms with Crippen LogP contribution in [0.25, 0.3) is 11.6 Å². The molecule has 152 valence electrons. The molecule has 1 fully saturated rings. The molecule has 12 heteroatoms. The van der Waals surface area contributed by atoms with Gasteiger partial charge >= 0.3 is 5.97 Å². The monoisotopic (exact) mass is 467 g/mol. The summed E-state index contributed by atoms with van der Waals surface area (Å²) in [6.07, 6.45) is 1.86. The van der Waals surface area contributed by atoms with Gasteiger partial charge in [-0.05, 0) is 51.3 Å². The fourth-order valence-electron chi connectivity index (χ4n) is 2.98. The van der Waals surface area contributed by atoms with Crippen molar-refractivity contribution >= 4 is 21.9 Å². The second kappa shape index (κ2) is 8.15. The van der Waals surface area contributed by atoms with Gasteiger partial charge in [0.05, 0.1) is 10.5 Å². The summed E-state index contributed by atoms with van der Waals surface area (Å²) in [7, 11) is 0. The number of nitrogens with zero attached hydrogens (tertiary/aromatic N) is 5. The van der Waals surface area contributed by atoms with Crippen molar-refractivity contribution in [1.29, 1.82) is 0 Å². The summed E-state index contributed by atoms with van der Waals surface area (Å²) in [6, 6.07) is 5.81. The fraction of sp³-hybridized carbons (Fsp3) is 0.353. The molecule has 1 aliphatic carbocycles. The van der Waals surface area contributed by atoms with Gasteiger partial charge in [0, 0.05) is 12.5 Å². The summed E-state index contributed by atoms with van der Waals surface area (Å²) in [5.41, 5.74) is 0. The second-order valence-corrected chi connectivity index (χ2v) is 7.29. The molecule has 0 amide bonds. The zero-order chi connectivity index (χ0) is 20.4. The molecule has 1 aliphatic rings. The molecule has 2 atom stereocenters. The molecule has 0 saturated heterocycles. The van der Waals surface area contributed by atoms with Crippen LogP contribution in [0, 0.1) is 5.82 Å². The van der Waals surface area contributed by atoms with Crippen molar-refractivity contribution in [1.82, 2.24) is 25.4 Å². The maximum Gasteiger partial charge on any atom is 0.327 e. The van der Waals surface area contributed by atoms with Crippen LogP contribution >= 0.6 is 15.9 Å². The number of carbonyl (C=O) groups is 1. The smallest absolute Gasteiger partial charge is 0.327 e. The van der Waals surface area contributed by atoms with Gasteiger partial charge in [-0.15, -0.1) is 10.2 Å². The summed E-state index contributed by atoms with van der Waals surface area (Å²) in [4.78, 5) is 11.6. The van der Waals surface area contributed by atoms with Crippen LogP contribution in [0.4, 0.5) is 4.39 Å². The minimum atomic E-state index is -1.08. The Balaban J connectivity index is 1.34. The van der Waals surface area contributed by atoms with Gasteiger partial charge in [-0.2, -0.15) is 4.80 Å². The zero-order valence-electron chi connectivity index (χ0n) is 14.9. The van der Waals surface area contributed by atoms with Crippen LogP contribution in [0.5, 0.6) is 11.6 Å². The van der Waals surface area contributed by atoms with Gasteiger partial charge in [-0.25, -0.2) is 4.39 Å². The Morgan fingerprint density at radius 3 is 2.90 bits per heavy atom. The third-order valence-electron chi connectivity index (χ3n) is 4.25. The van der Waals surface area contributed by atoms with Crippen LogP contribution in [0.3, 0.4) is 0 Å². The molecular formula is C17H15BrFN5O5. The lowest BCUT2D eigenvalue weighted by molar-refractivity contribution is -0.138. The first-order chi connectivity index (χ1) is 14.0. The molecule has 0 radical (unpaired) electrons. The topological polar surface area (TPSA) is 125 Å². The first kappa shape index (κ1) is 19.3. The van der Waals surface area contributed by atoms with E-state index in [1.54, 1.807) is 6.07 Å². The van der Waals surface area contributed by atoms with Crippen molar-refractivity contribution in [3.63, 3.8) is 0 Å². The van der Waals surface area contributed by atoms with Gasteiger partial charge in [0.1, 0.15) is 23.8 Å². The standard InChI is InChI=1S/C17H15BrFN5O5/c18-12-4-1-9(19)5-13(12)27-10-2-3-11(6-10)28-15-7-14(29-22-15)17-20-23-24(21-17)8-16(25)26/h1,4-5,7,10-11H,2-3,6,8H2,(H,25,26). The van der Waals surface area contributed by atoms with Crippen LogP contribution in [0.15, 0.2) is 33.3 Å². The maximum atomic E-state index is 13.4. The highest BCUT2D eigenvalue weighted by molar-refractivity contribution is 9.10. The van der Waals surface area contributed by atoms with E-state index in [2.05, 4.69) is 36.5 Å². The number of carboxylic acids is 1. The summed E-state index contributed by atoms with van der Waals surface area (Å²) in [5.74, 6) is -0.415. The molecule has 3 aromatic rings. The molecule has 4 rings (SSSR count). The minimum absolute atomic E-state index is 0.109. The summed E-state index contributed by atoms with van der Waals surface area (Å²) < 4.78 is 30.9. The van der Waals surface area contributed by atoms with Crippen molar-refractivity contribution in [3.05, 3.63) is 34.6 Å². The number of aromatic nitrogens is 5. The van der Waals surface area contributed by atoms with Crippen molar-refractivity contribution in [3.8, 4) is 23.2 Å². The van der Waals surface area contributed by atoms with Crippen LogP contribution in [-0.2, 0) is 11.3 Å². The van der Waals surface area contributed by atoms with E-state index in [0.29, 0.717) is 16.6 Å². The van der Waals surface area contributed by atoms with Gasteiger partial charge in [-0.3, -0.25) is 4.79 Å². The highest BCUT2D eigenvalue weighted by atomic mass is 79.9. The van der Waals surface area contributed by atoms with Crippen LogP contribution in [0.1, 0.15) is 19.3 Å². The molecule has 0 aliphatic heterocycles. The van der Waals surface area contributed by atoms with Crippen molar-refractivity contribution in [2.75, 3.05) is 0 Å². The van der Waals surface area contributed by atoms with E-state index in [1.165, 1.54) is 18.2 Å². The van der Waals surface area contributed by atoms with Crippen molar-refractivity contribution in [2.45, 2.75) is 38.0 Å². The SMILES string of the molecule is O=C(O)Cn1nnc(-c2cc(OC3CCC(Oc4cc(F)ccc4Br)C3)no2)n1. The van der Waals surface area contributed by atoms with Crippen LogP contribution in [0.2, 0.25) is 0 Å². The first-order valence-corrected chi connectivity index (χ1v) is 9.50. The van der Waals surface area contributed by atoms with E-state index in [-0.39, 0.29) is 35.5 Å². The lowest BCUT2D eigenvalue weighted by atomic mass is 10.3. The number of hydrogen-bond acceptors (Lipinski definition) is 8. The van der Waals surface area contributed by atoms with E-state index in [9.17, 15) is 9.18 Å². The number of carboxylic acid groups (broad SMARTS) is 1. The molecule has 10 nitrogen and oxygen atoms in total. The summed E-state index contributed by atoms with van der Waals surface area (Å²) >= 11 is 3.35. The Morgan fingerprint density at radius 1 is 1.31 bits per heavy atom. The van der Waals surface area contributed by atoms with Crippen molar-refractivity contribution in [2.24, 2.45) is 0 Å². The summed E-state index contributed by atoms with van der Waals surface area (Å²) in [5, 5.41) is 23.8. The Morgan fingerprint density at radius 2 is 2.10 bits per heavy atom. The Hall–Kier alpha value is -3.02. The fourth-order valence-corrected chi connectivity index (χ4v) is 3.32. The van der Waals surface area contributed by atoms with E-state index < -0.39 is 12.5 Å². The molecule has 2 aromatic heterocycles. The van der Waals surface area contributed by atoms with E-state index in [1.807, 2.05) is 0 Å². The number of tetrazole rings is 1. The Bertz CT molecular complexity index is 1030. The highest BCUT2D eigenvalue weighted by Gasteiger charge is 2.29. The van der Waals surface area contributed by atoms with E-state index >= 15 is 0 Å². The van der Waals surface area contributed by atoms with Gasteiger partial charge < -0.3 is 19.1 Å². The first-order valence-electron chi connectivity index (χ1n) is 8.71. The van der Waals surface area contributed by atoms with Crippen molar-refractivity contribution < 1.29 is 28.3 Å². The van der Waals surface area contributed by atoms with Gasteiger partial charge in [0.15, 0.2) is 6.54 Å². The molecule has 0 bridgehead atoms. The molecule has 1 N–H and O–H groups in total. The predicted molar refractivity (Wildman–Crippen MR) is 97.7 cm³/mol. The number of aliphatic carboxylic acids is 1. The normalized spacial score (nSPS) is 18.7. The molecule has 2 unspecified atom stereocenters. The average Bonchev–Trinajstić information content (AvgIpc) is 3.40. The van der Waals surface area contributed by atoms with Gasteiger partial charge in [0.25, 0.3) is 5.88 Å². The number of halogens is 2. The Kier molecular flexibility index (Phi) is 5.43. The largest absolute Gasteiger partial charge is 0.489 e. The third kappa shape index (κ3) is 4.70. The molecular weight excluding hydrogens is 453 g/mol. The number of ether oxygens (including phenoxy) is 2. The molecule has 2 heterocycles. The van der Waals surface area contributed by atoms with Crippen LogP contribution in [-0.4, -0.2) is 48.6 Å². The maximum absolute atomic E-state index is 13.4. The lowest BCUT2D eigenvalue weighted by Gasteiger charge is -2.15. The predicted octanol–water partition coefficient (Wildman–Crippen LogP) is 2.69. The lowest BCUT2D eigenvalue weighted by Crippen LogP contribution is -2.17.